The van der Waals surface area contributed by atoms with Crippen LogP contribution in [0.5, 0.6) is 0 Å². The van der Waals surface area contributed by atoms with Crippen molar-refractivity contribution in [3.63, 3.8) is 0 Å². The molecule has 0 saturated carbocycles. The van der Waals surface area contributed by atoms with Gasteiger partial charge in [-0.15, -0.1) is 0 Å². The molecule has 0 spiro atoms. The number of benzene rings is 1. The Kier molecular flexibility index (Phi) is 4.71. The summed E-state index contributed by atoms with van der Waals surface area (Å²) >= 11 is 0. The number of rotatable bonds is 5. The van der Waals surface area contributed by atoms with Gasteiger partial charge in [0.15, 0.2) is 5.82 Å². The molecule has 7 nitrogen and oxygen atoms in total. The van der Waals surface area contributed by atoms with E-state index in [1.54, 1.807) is 30.1 Å². The van der Waals surface area contributed by atoms with Crippen LogP contribution in [0.4, 0.5) is 16.0 Å². The van der Waals surface area contributed by atoms with Crippen LogP contribution in [0.2, 0.25) is 0 Å². The third-order valence-corrected chi connectivity index (χ3v) is 4.10. The normalized spacial score (nSPS) is 12.2. The molecule has 1 aromatic carbocycles. The second kappa shape index (κ2) is 6.94. The predicted molar refractivity (Wildman–Crippen MR) is 93.9 cm³/mol. The number of aryl methyl sites for hydroxylation is 1. The van der Waals surface area contributed by atoms with E-state index in [4.69, 9.17) is 0 Å². The van der Waals surface area contributed by atoms with Crippen molar-refractivity contribution in [1.82, 2.24) is 30.0 Å². The molecule has 0 fully saturated rings. The van der Waals surface area contributed by atoms with E-state index < -0.39 is 0 Å². The van der Waals surface area contributed by atoms with Crippen LogP contribution < -0.4 is 10.6 Å². The van der Waals surface area contributed by atoms with Crippen LogP contribution >= 0.6 is 0 Å². The molecule has 0 saturated heterocycles. The third kappa shape index (κ3) is 3.48. The first-order valence-corrected chi connectivity index (χ1v) is 7.91. The van der Waals surface area contributed by atoms with Crippen LogP contribution in [0.15, 0.2) is 30.9 Å². The molecule has 3 aromatic rings. The van der Waals surface area contributed by atoms with Gasteiger partial charge in [0, 0.05) is 19.3 Å². The molecule has 0 radical (unpaired) electrons. The van der Waals surface area contributed by atoms with E-state index in [-0.39, 0.29) is 17.7 Å². The first kappa shape index (κ1) is 17.0. The molecule has 0 aliphatic heterocycles. The Morgan fingerprint density at radius 2 is 2.04 bits per heavy atom. The van der Waals surface area contributed by atoms with Gasteiger partial charge in [-0.25, -0.2) is 14.4 Å². The summed E-state index contributed by atoms with van der Waals surface area (Å²) in [6, 6.07) is 3.66. The maximum atomic E-state index is 14.8. The smallest absolute Gasteiger partial charge is 0.230 e. The number of nitrogens with one attached hydrogen (secondary N) is 2. The van der Waals surface area contributed by atoms with E-state index in [1.165, 1.54) is 6.33 Å². The highest BCUT2D eigenvalue weighted by atomic mass is 19.1. The maximum Gasteiger partial charge on any atom is 0.230 e. The van der Waals surface area contributed by atoms with E-state index in [1.807, 2.05) is 27.1 Å². The summed E-state index contributed by atoms with van der Waals surface area (Å²) in [7, 11) is 3.66. The van der Waals surface area contributed by atoms with Crippen molar-refractivity contribution in [3.8, 4) is 11.4 Å². The quantitative estimate of drug-likeness (QED) is 0.743. The molecule has 0 aliphatic rings. The topological polar surface area (TPSA) is 80.5 Å². The van der Waals surface area contributed by atoms with Gasteiger partial charge in [0.05, 0.1) is 17.4 Å². The lowest BCUT2D eigenvalue weighted by Gasteiger charge is -2.16. The van der Waals surface area contributed by atoms with Gasteiger partial charge in [0.25, 0.3) is 0 Å². The molecular formula is C17H20FN7. The highest BCUT2D eigenvalue weighted by Gasteiger charge is 2.16. The predicted octanol–water partition coefficient (Wildman–Crippen LogP) is 2.74. The van der Waals surface area contributed by atoms with Gasteiger partial charge in [-0.1, -0.05) is 6.07 Å². The molecule has 2 N–H and O–H groups in total. The van der Waals surface area contributed by atoms with E-state index in [0.717, 1.165) is 11.3 Å². The van der Waals surface area contributed by atoms with E-state index in [2.05, 4.69) is 30.7 Å². The fourth-order valence-corrected chi connectivity index (χ4v) is 2.60. The first-order valence-electron chi connectivity index (χ1n) is 7.91. The molecule has 2 aromatic heterocycles. The summed E-state index contributed by atoms with van der Waals surface area (Å²) in [5.41, 5.74) is 2.59. The number of hydrogen-bond donors (Lipinski definition) is 2. The minimum atomic E-state index is -0.321. The summed E-state index contributed by atoms with van der Waals surface area (Å²) in [5, 5.41) is 10.2. The molecule has 0 amide bonds. The van der Waals surface area contributed by atoms with Crippen LogP contribution in [0.1, 0.15) is 24.1 Å². The molecule has 0 bridgehead atoms. The van der Waals surface area contributed by atoms with Gasteiger partial charge >= 0.3 is 0 Å². The van der Waals surface area contributed by atoms with Crippen molar-refractivity contribution < 1.29 is 4.39 Å². The van der Waals surface area contributed by atoms with Crippen molar-refractivity contribution >= 4 is 11.6 Å². The number of hydrogen-bond acceptors (Lipinski definition) is 6. The van der Waals surface area contributed by atoms with E-state index in [9.17, 15) is 4.39 Å². The van der Waals surface area contributed by atoms with Crippen molar-refractivity contribution in [2.45, 2.75) is 19.9 Å². The van der Waals surface area contributed by atoms with Gasteiger partial charge in [-0.05, 0) is 38.1 Å². The summed E-state index contributed by atoms with van der Waals surface area (Å²) in [6.07, 6.45) is 4.81. The van der Waals surface area contributed by atoms with Gasteiger partial charge in [-0.3, -0.25) is 4.68 Å². The Labute approximate surface area is 145 Å². The molecule has 0 aliphatic carbocycles. The highest BCUT2D eigenvalue weighted by Crippen LogP contribution is 2.27. The Balaban J connectivity index is 1.94. The lowest BCUT2D eigenvalue weighted by Crippen LogP contribution is -2.14. The van der Waals surface area contributed by atoms with Crippen LogP contribution in [0.25, 0.3) is 11.4 Å². The van der Waals surface area contributed by atoms with E-state index in [0.29, 0.717) is 17.1 Å². The lowest BCUT2D eigenvalue weighted by molar-refractivity contribution is 0.598. The molecular weight excluding hydrogens is 321 g/mol. The fourth-order valence-electron chi connectivity index (χ4n) is 2.60. The zero-order valence-electron chi connectivity index (χ0n) is 14.6. The average Bonchev–Trinajstić information content (AvgIpc) is 3.01. The van der Waals surface area contributed by atoms with Gasteiger partial charge in [0.1, 0.15) is 12.1 Å². The maximum absolute atomic E-state index is 14.8. The van der Waals surface area contributed by atoms with Crippen molar-refractivity contribution in [3.05, 3.63) is 47.8 Å². The van der Waals surface area contributed by atoms with Crippen LogP contribution in [-0.2, 0) is 7.05 Å². The van der Waals surface area contributed by atoms with Gasteiger partial charge < -0.3 is 10.6 Å². The minimum Gasteiger partial charge on any atom is -0.321 e. The number of halogens is 1. The van der Waals surface area contributed by atoms with Crippen LogP contribution in [0.3, 0.4) is 0 Å². The standard InChI is InChI=1S/C17H20FN7/c1-10-13(11(2)19-3)5-6-14(15(10)18)16-20-9-21-17(24-16)23-12-7-22-25(4)8-12/h5-9,11,19H,1-4H3,(H,20,21,23,24). The first-order chi connectivity index (χ1) is 12.0. The summed E-state index contributed by atoms with van der Waals surface area (Å²) < 4.78 is 16.5. The Hall–Kier alpha value is -2.87. The van der Waals surface area contributed by atoms with Gasteiger partial charge in [0.2, 0.25) is 5.95 Å². The Morgan fingerprint density at radius 1 is 1.24 bits per heavy atom. The third-order valence-electron chi connectivity index (χ3n) is 4.10. The SMILES string of the molecule is CNC(C)c1ccc(-c2ncnc(Nc3cnn(C)c3)n2)c(F)c1C. The number of nitrogens with zero attached hydrogens (tertiary/aromatic N) is 5. The molecule has 1 unspecified atom stereocenters. The molecule has 8 heteroatoms. The molecule has 2 heterocycles. The lowest BCUT2D eigenvalue weighted by atomic mass is 9.99. The Bertz CT molecular complexity index is 890. The second-order valence-electron chi connectivity index (χ2n) is 5.81. The Morgan fingerprint density at radius 3 is 2.72 bits per heavy atom. The van der Waals surface area contributed by atoms with E-state index >= 15 is 0 Å². The van der Waals surface area contributed by atoms with Gasteiger partial charge in [-0.2, -0.15) is 10.1 Å². The molecule has 1 atom stereocenters. The number of anilines is 2. The van der Waals surface area contributed by atoms with Crippen molar-refractivity contribution in [2.24, 2.45) is 7.05 Å². The fraction of sp³-hybridized carbons (Fsp3) is 0.294. The molecule has 3 rings (SSSR count). The molecule has 25 heavy (non-hydrogen) atoms. The van der Waals surface area contributed by atoms with Crippen molar-refractivity contribution in [1.29, 1.82) is 0 Å². The summed E-state index contributed by atoms with van der Waals surface area (Å²) in [5.74, 6) is 0.298. The summed E-state index contributed by atoms with van der Waals surface area (Å²) in [4.78, 5) is 12.5. The second-order valence-corrected chi connectivity index (χ2v) is 5.81. The summed E-state index contributed by atoms with van der Waals surface area (Å²) in [6.45, 7) is 3.75. The van der Waals surface area contributed by atoms with Crippen molar-refractivity contribution in [2.75, 3.05) is 12.4 Å². The largest absolute Gasteiger partial charge is 0.321 e. The average molecular weight is 341 g/mol. The molecule has 130 valence electrons. The zero-order chi connectivity index (χ0) is 18.0. The minimum absolute atomic E-state index is 0.0599. The van der Waals surface area contributed by atoms with Crippen LogP contribution in [-0.4, -0.2) is 31.8 Å². The number of aromatic nitrogens is 5. The zero-order valence-corrected chi connectivity index (χ0v) is 14.6. The van der Waals surface area contributed by atoms with Crippen LogP contribution in [0, 0.1) is 12.7 Å². The highest BCUT2D eigenvalue weighted by molar-refractivity contribution is 5.61. The monoisotopic (exact) mass is 341 g/mol.